The predicted molar refractivity (Wildman–Crippen MR) is 77.7 cm³/mol. The van der Waals surface area contributed by atoms with Crippen molar-refractivity contribution >= 4 is 22.5 Å². The number of rotatable bonds is 3. The summed E-state index contributed by atoms with van der Waals surface area (Å²) in [6.07, 6.45) is 3.81. The third-order valence-electron chi connectivity index (χ3n) is 3.22. The Balaban J connectivity index is 1.91. The Morgan fingerprint density at radius 1 is 0.895 bits per heavy atom. The lowest BCUT2D eigenvalue weighted by molar-refractivity contribution is 0.577. The Bertz CT molecular complexity index is 773. The molecule has 3 aromatic rings. The standard InChI is InChI=1S/C15H13ClN2O/c16-13-5-3-4-12-7-9-18(15(12)13)11-10-17-8-2-1-6-14(17)19/h1-9H,10-11H2. The van der Waals surface area contributed by atoms with Gasteiger partial charge >= 0.3 is 0 Å². The van der Waals surface area contributed by atoms with E-state index in [1.165, 1.54) is 0 Å². The van der Waals surface area contributed by atoms with E-state index in [0.717, 1.165) is 22.5 Å². The maximum atomic E-state index is 11.6. The van der Waals surface area contributed by atoms with Crippen LogP contribution < -0.4 is 5.56 Å². The zero-order valence-corrected chi connectivity index (χ0v) is 11.0. The summed E-state index contributed by atoms with van der Waals surface area (Å²) in [7, 11) is 0. The highest BCUT2D eigenvalue weighted by Gasteiger charge is 2.04. The zero-order valence-electron chi connectivity index (χ0n) is 10.3. The minimum Gasteiger partial charge on any atom is -0.344 e. The van der Waals surface area contributed by atoms with E-state index in [1.54, 1.807) is 22.9 Å². The van der Waals surface area contributed by atoms with E-state index >= 15 is 0 Å². The van der Waals surface area contributed by atoms with Crippen molar-refractivity contribution in [1.29, 1.82) is 0 Å². The van der Waals surface area contributed by atoms with Crippen LogP contribution in [0.2, 0.25) is 5.02 Å². The smallest absolute Gasteiger partial charge is 0.250 e. The fourth-order valence-corrected chi connectivity index (χ4v) is 2.55. The van der Waals surface area contributed by atoms with Crippen LogP contribution >= 0.6 is 11.6 Å². The lowest BCUT2D eigenvalue weighted by Gasteiger charge is -2.08. The quantitative estimate of drug-likeness (QED) is 0.719. The summed E-state index contributed by atoms with van der Waals surface area (Å²) in [5.41, 5.74) is 1.04. The summed E-state index contributed by atoms with van der Waals surface area (Å²) in [5.74, 6) is 0. The maximum Gasteiger partial charge on any atom is 0.250 e. The van der Waals surface area contributed by atoms with E-state index in [2.05, 4.69) is 4.57 Å². The van der Waals surface area contributed by atoms with E-state index in [4.69, 9.17) is 11.6 Å². The molecule has 2 aromatic heterocycles. The summed E-state index contributed by atoms with van der Waals surface area (Å²) < 4.78 is 3.78. The molecule has 3 rings (SSSR count). The molecule has 0 aliphatic heterocycles. The molecule has 0 spiro atoms. The van der Waals surface area contributed by atoms with Gasteiger partial charge in [-0.25, -0.2) is 0 Å². The number of para-hydroxylation sites is 1. The number of fused-ring (bicyclic) bond motifs is 1. The summed E-state index contributed by atoms with van der Waals surface area (Å²) in [6, 6.07) is 13.1. The molecule has 0 amide bonds. The van der Waals surface area contributed by atoms with Gasteiger partial charge in [-0.1, -0.05) is 29.8 Å². The van der Waals surface area contributed by atoms with Crippen LogP contribution in [0, 0.1) is 0 Å². The predicted octanol–water partition coefficient (Wildman–Crippen LogP) is 3.16. The van der Waals surface area contributed by atoms with Gasteiger partial charge in [-0.15, -0.1) is 0 Å². The first-order valence-corrected chi connectivity index (χ1v) is 6.52. The molecule has 0 N–H and O–H groups in total. The van der Waals surface area contributed by atoms with Gasteiger partial charge in [-0.2, -0.15) is 0 Å². The molecule has 0 saturated heterocycles. The van der Waals surface area contributed by atoms with Crippen molar-refractivity contribution < 1.29 is 0 Å². The van der Waals surface area contributed by atoms with Gasteiger partial charge in [0.25, 0.3) is 5.56 Å². The van der Waals surface area contributed by atoms with Gasteiger partial charge in [0.05, 0.1) is 10.5 Å². The minimum absolute atomic E-state index is 0.0186. The Kier molecular flexibility index (Phi) is 3.13. The number of aryl methyl sites for hydroxylation is 2. The highest BCUT2D eigenvalue weighted by atomic mass is 35.5. The topological polar surface area (TPSA) is 26.9 Å². The van der Waals surface area contributed by atoms with Crippen LogP contribution in [0.5, 0.6) is 0 Å². The minimum atomic E-state index is 0.0186. The number of hydrogen-bond donors (Lipinski definition) is 0. The van der Waals surface area contributed by atoms with Crippen molar-refractivity contribution in [2.45, 2.75) is 13.1 Å². The second-order valence-corrected chi connectivity index (χ2v) is 4.83. The molecule has 0 aliphatic rings. The van der Waals surface area contributed by atoms with Gasteiger partial charge in [-0.3, -0.25) is 4.79 Å². The summed E-state index contributed by atoms with van der Waals surface area (Å²) in [6.45, 7) is 1.35. The first-order chi connectivity index (χ1) is 9.25. The maximum absolute atomic E-state index is 11.6. The van der Waals surface area contributed by atoms with E-state index in [-0.39, 0.29) is 5.56 Å². The van der Waals surface area contributed by atoms with E-state index in [0.29, 0.717) is 6.54 Å². The molecule has 96 valence electrons. The fourth-order valence-electron chi connectivity index (χ4n) is 2.26. The highest BCUT2D eigenvalue weighted by molar-refractivity contribution is 6.35. The van der Waals surface area contributed by atoms with Crippen LogP contribution in [0.1, 0.15) is 0 Å². The van der Waals surface area contributed by atoms with Crippen LogP contribution in [-0.2, 0) is 13.1 Å². The number of aromatic nitrogens is 2. The average Bonchev–Trinajstić information content (AvgIpc) is 2.83. The Morgan fingerprint density at radius 2 is 1.74 bits per heavy atom. The van der Waals surface area contributed by atoms with Gasteiger partial charge in [0.1, 0.15) is 0 Å². The zero-order chi connectivity index (χ0) is 13.2. The molecule has 0 aliphatic carbocycles. The molecule has 0 radical (unpaired) electrons. The molecule has 0 saturated carbocycles. The summed E-state index contributed by atoms with van der Waals surface area (Å²) in [5, 5.41) is 1.86. The normalized spacial score (nSPS) is 11.0. The molecule has 19 heavy (non-hydrogen) atoms. The Hall–Kier alpha value is -2.00. The molecule has 4 heteroatoms. The van der Waals surface area contributed by atoms with Crippen molar-refractivity contribution in [3.05, 3.63) is 70.2 Å². The van der Waals surface area contributed by atoms with E-state index in [9.17, 15) is 4.79 Å². The van der Waals surface area contributed by atoms with Crippen LogP contribution in [0.4, 0.5) is 0 Å². The summed E-state index contributed by atoms with van der Waals surface area (Å²) >= 11 is 6.23. The second-order valence-electron chi connectivity index (χ2n) is 4.42. The summed E-state index contributed by atoms with van der Waals surface area (Å²) in [4.78, 5) is 11.6. The number of benzene rings is 1. The lowest BCUT2D eigenvalue weighted by Crippen LogP contribution is -2.20. The molecular weight excluding hydrogens is 260 g/mol. The van der Waals surface area contributed by atoms with Crippen molar-refractivity contribution in [2.24, 2.45) is 0 Å². The van der Waals surface area contributed by atoms with Crippen LogP contribution in [0.15, 0.2) is 59.7 Å². The van der Waals surface area contributed by atoms with E-state index in [1.807, 2.05) is 36.5 Å². The molecule has 1 aromatic carbocycles. The number of hydrogen-bond acceptors (Lipinski definition) is 1. The second kappa shape index (κ2) is 4.94. The third kappa shape index (κ3) is 2.29. The molecular formula is C15H13ClN2O. The first-order valence-electron chi connectivity index (χ1n) is 6.14. The van der Waals surface area contributed by atoms with Crippen molar-refractivity contribution in [3.63, 3.8) is 0 Å². The highest BCUT2D eigenvalue weighted by Crippen LogP contribution is 2.24. The Morgan fingerprint density at radius 3 is 2.58 bits per heavy atom. The van der Waals surface area contributed by atoms with Crippen LogP contribution in [0.25, 0.3) is 10.9 Å². The van der Waals surface area contributed by atoms with Gasteiger partial charge in [0.2, 0.25) is 0 Å². The van der Waals surface area contributed by atoms with Crippen molar-refractivity contribution in [3.8, 4) is 0 Å². The molecule has 0 atom stereocenters. The first kappa shape index (κ1) is 12.1. The van der Waals surface area contributed by atoms with Gasteiger partial charge in [-0.05, 0) is 18.2 Å². The SMILES string of the molecule is O=c1ccccn1CCn1ccc2cccc(Cl)c21. The number of nitrogens with zero attached hydrogens (tertiary/aromatic N) is 2. The number of pyridine rings is 1. The lowest BCUT2D eigenvalue weighted by atomic mass is 10.2. The van der Waals surface area contributed by atoms with E-state index < -0.39 is 0 Å². The van der Waals surface area contributed by atoms with Crippen molar-refractivity contribution in [2.75, 3.05) is 0 Å². The number of halogens is 1. The van der Waals surface area contributed by atoms with Crippen LogP contribution in [0.3, 0.4) is 0 Å². The third-order valence-corrected chi connectivity index (χ3v) is 3.53. The fraction of sp³-hybridized carbons (Fsp3) is 0.133. The van der Waals surface area contributed by atoms with Gasteiger partial charge in [0, 0.05) is 36.9 Å². The Labute approximate surface area is 115 Å². The average molecular weight is 273 g/mol. The van der Waals surface area contributed by atoms with Gasteiger partial charge < -0.3 is 9.13 Å². The molecule has 0 bridgehead atoms. The van der Waals surface area contributed by atoms with Crippen molar-refractivity contribution in [1.82, 2.24) is 9.13 Å². The molecule has 0 fully saturated rings. The monoisotopic (exact) mass is 272 g/mol. The van der Waals surface area contributed by atoms with Crippen LogP contribution in [-0.4, -0.2) is 9.13 Å². The molecule has 2 heterocycles. The largest absolute Gasteiger partial charge is 0.344 e. The molecule has 0 unspecified atom stereocenters. The molecule has 3 nitrogen and oxygen atoms in total. The van der Waals surface area contributed by atoms with Gasteiger partial charge in [0.15, 0.2) is 0 Å².